The van der Waals surface area contributed by atoms with E-state index in [4.69, 9.17) is 34.8 Å². The van der Waals surface area contributed by atoms with Gasteiger partial charge in [0.1, 0.15) is 6.17 Å². The monoisotopic (exact) mass is 462 g/mol. The normalized spacial score (nSPS) is 12.6. The number of unbranched alkanes of at least 4 members (excludes halogenated alkanes) is 10. The van der Waals surface area contributed by atoms with Gasteiger partial charge in [0.05, 0.1) is 0 Å². The number of hydrogen-bond acceptors (Lipinski definition) is 2. The van der Waals surface area contributed by atoms with Gasteiger partial charge in [0.2, 0.25) is 9.70 Å². The molecule has 0 aliphatic rings. The zero-order valence-electron chi connectivity index (χ0n) is 17.9. The molecule has 2 N–H and O–H groups in total. The molecule has 1 rings (SSSR count). The third-order valence-corrected chi connectivity index (χ3v) is 5.66. The molecule has 1 aromatic rings. The largest absolute Gasteiger partial charge is 0.362 e. The summed E-state index contributed by atoms with van der Waals surface area (Å²) in [5, 5.41) is 5.90. The molecule has 1 unspecified atom stereocenters. The van der Waals surface area contributed by atoms with Gasteiger partial charge in [-0.2, -0.15) is 0 Å². The van der Waals surface area contributed by atoms with Crippen LogP contribution in [0.25, 0.3) is 0 Å². The Kier molecular flexibility index (Phi) is 13.8. The Bertz CT molecular complexity index is 558. The maximum Gasteiger partial charge on any atom is 0.228 e. The molecule has 1 atom stereocenters. The van der Waals surface area contributed by atoms with Crippen LogP contribution in [0.1, 0.15) is 89.5 Å². The quantitative estimate of drug-likeness (QED) is 0.157. The van der Waals surface area contributed by atoms with Gasteiger partial charge < -0.3 is 10.6 Å². The highest BCUT2D eigenvalue weighted by molar-refractivity contribution is 6.68. The Labute approximate surface area is 192 Å². The first kappa shape index (κ1) is 26.4. The Hall–Kier alpha value is -0.640. The van der Waals surface area contributed by atoms with Crippen molar-refractivity contribution in [3.8, 4) is 0 Å². The van der Waals surface area contributed by atoms with Crippen LogP contribution in [0.3, 0.4) is 0 Å². The highest BCUT2D eigenvalue weighted by Gasteiger charge is 2.33. The first-order valence-corrected chi connectivity index (χ1v) is 12.2. The van der Waals surface area contributed by atoms with Gasteiger partial charge in [0.25, 0.3) is 0 Å². The predicted molar refractivity (Wildman–Crippen MR) is 128 cm³/mol. The zero-order valence-corrected chi connectivity index (χ0v) is 20.2. The van der Waals surface area contributed by atoms with Crippen molar-refractivity contribution in [3.05, 3.63) is 29.8 Å². The van der Waals surface area contributed by atoms with E-state index in [0.29, 0.717) is 6.42 Å². The highest BCUT2D eigenvalue weighted by Crippen LogP contribution is 2.31. The first-order chi connectivity index (χ1) is 13.8. The average Bonchev–Trinajstić information content (AvgIpc) is 2.66. The maximum atomic E-state index is 12.3. The fraction of sp³-hybridized carbons (Fsp3) is 0.696. The molecule has 0 saturated heterocycles. The van der Waals surface area contributed by atoms with Crippen LogP contribution in [0.2, 0.25) is 0 Å². The van der Waals surface area contributed by atoms with Crippen LogP contribution < -0.4 is 10.6 Å². The Balaban J connectivity index is 2.19. The summed E-state index contributed by atoms with van der Waals surface area (Å²) in [7, 11) is 0. The molecular formula is C23H37Cl3N2O. The minimum Gasteiger partial charge on any atom is -0.362 e. The number of carbonyl (C=O) groups is 1. The van der Waals surface area contributed by atoms with Crippen LogP contribution in [-0.4, -0.2) is 15.9 Å². The van der Waals surface area contributed by atoms with Crippen molar-refractivity contribution in [2.75, 3.05) is 5.32 Å². The summed E-state index contributed by atoms with van der Waals surface area (Å²) in [6, 6.07) is 7.72. The lowest BCUT2D eigenvalue weighted by Gasteiger charge is -2.27. The lowest BCUT2D eigenvalue weighted by molar-refractivity contribution is -0.121. The standard InChI is InChI=1S/C23H37Cl3N2O/c1-3-4-5-6-7-8-9-10-11-12-13-14-21(29)28-22(23(24,25)26)27-20-17-15-19(2)16-18-20/h15-18,22,27H,3-14H2,1-2H3,(H,28,29). The van der Waals surface area contributed by atoms with Crippen molar-refractivity contribution < 1.29 is 4.79 Å². The van der Waals surface area contributed by atoms with Crippen LogP contribution in [0, 0.1) is 6.92 Å². The summed E-state index contributed by atoms with van der Waals surface area (Å²) in [4.78, 5) is 12.3. The maximum absolute atomic E-state index is 12.3. The molecule has 29 heavy (non-hydrogen) atoms. The second-order valence-corrected chi connectivity index (χ2v) is 10.2. The highest BCUT2D eigenvalue weighted by atomic mass is 35.6. The van der Waals surface area contributed by atoms with Gasteiger partial charge in [0.15, 0.2) is 0 Å². The summed E-state index contributed by atoms with van der Waals surface area (Å²) in [5.41, 5.74) is 1.93. The van der Waals surface area contributed by atoms with Crippen molar-refractivity contribution in [2.45, 2.75) is 101 Å². The summed E-state index contributed by atoms with van der Waals surface area (Å²) in [5.74, 6) is -0.100. The van der Waals surface area contributed by atoms with Gasteiger partial charge in [-0.25, -0.2) is 0 Å². The molecule has 0 aliphatic heterocycles. The number of aryl methyl sites for hydroxylation is 1. The fourth-order valence-corrected chi connectivity index (χ4v) is 3.53. The predicted octanol–water partition coefficient (Wildman–Crippen LogP) is 7.92. The van der Waals surface area contributed by atoms with Crippen molar-refractivity contribution >= 4 is 46.4 Å². The number of anilines is 1. The third kappa shape index (κ3) is 13.3. The van der Waals surface area contributed by atoms with Crippen molar-refractivity contribution in [1.82, 2.24) is 5.32 Å². The second-order valence-electron chi connectivity index (χ2n) is 7.84. The molecule has 1 aromatic carbocycles. The molecular weight excluding hydrogens is 427 g/mol. The van der Waals surface area contributed by atoms with Crippen LogP contribution in [0.4, 0.5) is 5.69 Å². The second kappa shape index (κ2) is 15.2. The molecule has 0 radical (unpaired) electrons. The zero-order chi connectivity index (χ0) is 21.5. The first-order valence-electron chi connectivity index (χ1n) is 11.0. The molecule has 0 aliphatic carbocycles. The molecule has 0 heterocycles. The van der Waals surface area contributed by atoms with E-state index < -0.39 is 9.96 Å². The van der Waals surface area contributed by atoms with E-state index in [1.165, 1.54) is 57.8 Å². The van der Waals surface area contributed by atoms with Gasteiger partial charge in [-0.3, -0.25) is 4.79 Å². The summed E-state index contributed by atoms with van der Waals surface area (Å²) < 4.78 is -1.64. The molecule has 0 aromatic heterocycles. The topological polar surface area (TPSA) is 41.1 Å². The van der Waals surface area contributed by atoms with Crippen LogP contribution in [-0.2, 0) is 4.79 Å². The average molecular weight is 464 g/mol. The molecule has 1 amide bonds. The van der Waals surface area contributed by atoms with E-state index in [2.05, 4.69) is 17.6 Å². The number of halogens is 3. The van der Waals surface area contributed by atoms with Crippen LogP contribution in [0.5, 0.6) is 0 Å². The number of alkyl halides is 3. The van der Waals surface area contributed by atoms with Crippen LogP contribution in [0.15, 0.2) is 24.3 Å². The van der Waals surface area contributed by atoms with E-state index in [1.807, 2.05) is 31.2 Å². The molecule has 3 nitrogen and oxygen atoms in total. The molecule has 0 fully saturated rings. The van der Waals surface area contributed by atoms with Gasteiger partial charge in [-0.05, 0) is 25.5 Å². The summed E-state index contributed by atoms with van der Waals surface area (Å²) in [6.07, 6.45) is 13.4. The Morgan fingerprint density at radius 2 is 1.34 bits per heavy atom. The van der Waals surface area contributed by atoms with E-state index in [1.54, 1.807) is 0 Å². The lowest BCUT2D eigenvalue weighted by Crippen LogP contribution is -2.49. The number of rotatable bonds is 15. The molecule has 6 heteroatoms. The summed E-state index contributed by atoms with van der Waals surface area (Å²) >= 11 is 18.2. The van der Waals surface area contributed by atoms with E-state index in [0.717, 1.165) is 24.1 Å². The minimum absolute atomic E-state index is 0.100. The van der Waals surface area contributed by atoms with E-state index in [-0.39, 0.29) is 5.91 Å². The van der Waals surface area contributed by atoms with E-state index in [9.17, 15) is 4.79 Å². The molecule has 0 saturated carbocycles. The third-order valence-electron chi connectivity index (χ3n) is 5.00. The Morgan fingerprint density at radius 1 is 0.862 bits per heavy atom. The van der Waals surface area contributed by atoms with Crippen LogP contribution >= 0.6 is 34.8 Å². The Morgan fingerprint density at radius 3 is 1.83 bits per heavy atom. The molecule has 0 bridgehead atoms. The van der Waals surface area contributed by atoms with Gasteiger partial charge >= 0.3 is 0 Å². The van der Waals surface area contributed by atoms with Crippen molar-refractivity contribution in [1.29, 1.82) is 0 Å². The van der Waals surface area contributed by atoms with E-state index >= 15 is 0 Å². The number of benzene rings is 1. The number of nitrogens with one attached hydrogen (secondary N) is 2. The van der Waals surface area contributed by atoms with Crippen molar-refractivity contribution in [3.63, 3.8) is 0 Å². The minimum atomic E-state index is -1.64. The molecule has 166 valence electrons. The lowest BCUT2D eigenvalue weighted by atomic mass is 10.1. The number of carbonyl (C=O) groups excluding carboxylic acids is 1. The number of amides is 1. The molecule has 0 spiro atoms. The fourth-order valence-electron chi connectivity index (χ4n) is 3.20. The van der Waals surface area contributed by atoms with Gasteiger partial charge in [0, 0.05) is 12.1 Å². The number of hydrogen-bond donors (Lipinski definition) is 2. The SMILES string of the molecule is CCCCCCCCCCCCCC(=O)NC(Nc1ccc(C)cc1)C(Cl)(Cl)Cl. The smallest absolute Gasteiger partial charge is 0.228 e. The van der Waals surface area contributed by atoms with Crippen molar-refractivity contribution in [2.24, 2.45) is 0 Å². The summed E-state index contributed by atoms with van der Waals surface area (Å²) in [6.45, 7) is 4.25. The van der Waals surface area contributed by atoms with Gasteiger partial charge in [-0.1, -0.05) is 124 Å². The van der Waals surface area contributed by atoms with Gasteiger partial charge in [-0.15, -0.1) is 0 Å².